The predicted octanol–water partition coefficient (Wildman–Crippen LogP) is 2.84. The average Bonchev–Trinajstić information content (AvgIpc) is 2.89. The quantitative estimate of drug-likeness (QED) is 0.597. The fourth-order valence-corrected chi connectivity index (χ4v) is 4.35. The van der Waals surface area contributed by atoms with E-state index in [0.717, 1.165) is 0 Å². The number of benzene rings is 1. The van der Waals surface area contributed by atoms with Gasteiger partial charge >= 0.3 is 0 Å². The van der Waals surface area contributed by atoms with E-state index in [1.807, 2.05) is 0 Å². The van der Waals surface area contributed by atoms with Crippen molar-refractivity contribution in [3.8, 4) is 11.3 Å². The molecule has 5 rings (SSSR count). The molecule has 174 valence electrons. The van der Waals surface area contributed by atoms with Crippen molar-refractivity contribution < 1.29 is 21.1 Å². The van der Waals surface area contributed by atoms with E-state index < -0.39 is 24.2 Å². The lowest BCUT2D eigenvalue weighted by molar-refractivity contribution is 0.0955. The molecule has 0 unspecified atom stereocenters. The largest absolute Gasteiger partial charge is 0.365 e. The molecule has 1 aliphatic carbocycles. The van der Waals surface area contributed by atoms with Gasteiger partial charge < -0.3 is 10.2 Å². The number of hydrogen-bond acceptors (Lipinski definition) is 6. The van der Waals surface area contributed by atoms with Gasteiger partial charge in [0.2, 0.25) is 5.95 Å². The Kier molecular flexibility index (Phi) is 5.17. The van der Waals surface area contributed by atoms with Crippen molar-refractivity contribution in [1.82, 2.24) is 20.2 Å². The molecule has 1 amide bonds. The van der Waals surface area contributed by atoms with Gasteiger partial charge in [-0.15, -0.1) is 0 Å². The van der Waals surface area contributed by atoms with Gasteiger partial charge in [0, 0.05) is 77.3 Å². The van der Waals surface area contributed by atoms with Gasteiger partial charge in [-0.3, -0.25) is 19.5 Å². The number of nitrogens with zero attached hydrogens (tertiary/aromatic N) is 4. The van der Waals surface area contributed by atoms with Crippen molar-refractivity contribution in [3.05, 3.63) is 76.7 Å². The zero-order chi connectivity index (χ0) is 25.6. The molecule has 2 aliphatic rings. The summed E-state index contributed by atoms with van der Waals surface area (Å²) in [6, 6.07) is 9.25. The Labute approximate surface area is 198 Å². The van der Waals surface area contributed by atoms with Gasteiger partial charge in [-0.05, 0) is 24.3 Å². The summed E-state index contributed by atoms with van der Waals surface area (Å²) < 4.78 is 47.7. The summed E-state index contributed by atoms with van der Waals surface area (Å²) in [5.74, 6) is -2.28. The Balaban J connectivity index is 1.37. The average molecular weight is 466 g/mol. The first-order valence-electron chi connectivity index (χ1n) is 11.9. The Morgan fingerprint density at radius 2 is 1.91 bits per heavy atom. The second-order valence-corrected chi connectivity index (χ2v) is 8.12. The highest BCUT2D eigenvalue weighted by Gasteiger charge is 2.28. The molecular formula is C25H23F2N5O2. The number of carbonyl (C=O) groups excluding carboxylic acids is 2. The van der Waals surface area contributed by atoms with Crippen LogP contribution in [-0.4, -0.2) is 59.8 Å². The van der Waals surface area contributed by atoms with Crippen LogP contribution in [0.15, 0.2) is 42.6 Å². The number of pyridine rings is 2. The Bertz CT molecular complexity index is 1380. The van der Waals surface area contributed by atoms with Crippen LogP contribution in [0.4, 0.5) is 14.5 Å². The Hall–Kier alpha value is -3.72. The lowest BCUT2D eigenvalue weighted by Crippen LogP contribution is -2.46. The lowest BCUT2D eigenvalue weighted by atomic mass is 9.86. The second-order valence-electron chi connectivity index (χ2n) is 8.12. The molecule has 0 saturated carbocycles. The van der Waals surface area contributed by atoms with E-state index in [2.05, 4.69) is 15.3 Å². The number of carbonyl (C=O) groups is 2. The Morgan fingerprint density at radius 1 is 1.12 bits per heavy atom. The van der Waals surface area contributed by atoms with Crippen molar-refractivity contribution >= 4 is 17.4 Å². The van der Waals surface area contributed by atoms with Gasteiger partial charge in [-0.25, -0.2) is 9.37 Å². The zero-order valence-corrected chi connectivity index (χ0v) is 18.4. The molecule has 0 radical (unpaired) electrons. The van der Waals surface area contributed by atoms with Gasteiger partial charge in [-0.1, -0.05) is 12.1 Å². The van der Waals surface area contributed by atoms with E-state index in [4.69, 9.17) is 2.74 Å². The summed E-state index contributed by atoms with van der Waals surface area (Å²) >= 11 is 0. The van der Waals surface area contributed by atoms with Gasteiger partial charge in [0.15, 0.2) is 5.78 Å². The molecule has 0 atom stereocenters. The van der Waals surface area contributed by atoms with Gasteiger partial charge in [0.1, 0.15) is 11.5 Å². The molecule has 0 bridgehead atoms. The van der Waals surface area contributed by atoms with Crippen LogP contribution in [-0.2, 0) is 12.9 Å². The third kappa shape index (κ3) is 3.92. The smallest absolute Gasteiger partial charge is 0.269 e. The number of halogens is 2. The van der Waals surface area contributed by atoms with Crippen LogP contribution in [0, 0.1) is 11.8 Å². The minimum atomic E-state index is -2.15. The molecular weight excluding hydrogens is 440 g/mol. The summed E-state index contributed by atoms with van der Waals surface area (Å²) in [5.41, 5.74) is 1.51. The predicted molar refractivity (Wildman–Crippen MR) is 123 cm³/mol. The molecule has 0 spiro atoms. The number of aromatic nitrogens is 2. The lowest BCUT2D eigenvalue weighted by Gasteiger charge is -2.36. The van der Waals surface area contributed by atoms with E-state index in [1.165, 1.54) is 36.3 Å². The molecule has 1 fully saturated rings. The maximum Gasteiger partial charge on any atom is 0.269 e. The second kappa shape index (κ2) is 8.90. The third-order valence-electron chi connectivity index (χ3n) is 6.13. The fraction of sp³-hybridized carbons (Fsp3) is 0.280. The number of fused-ring (bicyclic) bond motifs is 3. The van der Waals surface area contributed by atoms with E-state index in [9.17, 15) is 14.0 Å². The fourth-order valence-electron chi connectivity index (χ4n) is 4.35. The van der Waals surface area contributed by atoms with E-state index in [-0.39, 0.29) is 60.9 Å². The summed E-state index contributed by atoms with van der Waals surface area (Å²) in [5, 5.41) is 2.39. The number of piperazine rings is 1. The van der Waals surface area contributed by atoms with Crippen molar-refractivity contribution in [2.24, 2.45) is 0 Å². The zero-order valence-electron chi connectivity index (χ0n) is 20.4. The van der Waals surface area contributed by atoms with Crippen molar-refractivity contribution in [2.75, 3.05) is 38.1 Å². The van der Waals surface area contributed by atoms with Gasteiger partial charge in [0.25, 0.3) is 5.91 Å². The molecule has 3 heterocycles. The van der Waals surface area contributed by atoms with Gasteiger partial charge in [-0.2, -0.15) is 4.39 Å². The normalized spacial score (nSPS) is 16.9. The number of nitrogens with one attached hydrogen (secondary N) is 1. The van der Waals surface area contributed by atoms with Crippen LogP contribution in [0.1, 0.15) is 34.7 Å². The van der Waals surface area contributed by atoms with Crippen LogP contribution >= 0.6 is 0 Å². The third-order valence-corrected chi connectivity index (χ3v) is 6.13. The molecule has 34 heavy (non-hydrogen) atoms. The summed E-state index contributed by atoms with van der Waals surface area (Å²) in [4.78, 5) is 35.4. The monoisotopic (exact) mass is 465 g/mol. The first-order chi connectivity index (χ1) is 17.2. The molecule has 1 aromatic carbocycles. The molecule has 1 aliphatic heterocycles. The minimum absolute atomic E-state index is 0.0343. The van der Waals surface area contributed by atoms with E-state index in [1.54, 1.807) is 23.1 Å². The highest BCUT2D eigenvalue weighted by atomic mass is 19.1. The van der Waals surface area contributed by atoms with Gasteiger partial charge in [0.05, 0.1) is 11.4 Å². The van der Waals surface area contributed by atoms with Crippen LogP contribution in [0.2, 0.25) is 0 Å². The topological polar surface area (TPSA) is 78.4 Å². The van der Waals surface area contributed by atoms with Crippen LogP contribution in [0.3, 0.4) is 0 Å². The molecule has 2 aromatic heterocycles. The number of ketones is 1. The summed E-state index contributed by atoms with van der Waals surface area (Å²) in [6.07, 6.45) is 1.38. The highest BCUT2D eigenvalue weighted by molar-refractivity contribution is 6.06. The van der Waals surface area contributed by atoms with E-state index >= 15 is 4.39 Å². The van der Waals surface area contributed by atoms with Crippen LogP contribution in [0.25, 0.3) is 11.3 Å². The standard InChI is InChI=1S/C25H23F2N5O2/c1-28-25(34)19-6-7-20(24(27)30-19)32-11-9-31(10-12-32)14-15-4-5-16-18(22(15)26)13-21(33)17-3-2-8-29-23(16)17/h2-8H,9-14H2,1H3,(H,28,34)/i14D2. The number of hydrogen-bond donors (Lipinski definition) is 1. The molecule has 1 saturated heterocycles. The first kappa shape index (κ1) is 19.7. The number of anilines is 1. The van der Waals surface area contributed by atoms with Crippen molar-refractivity contribution in [1.29, 1.82) is 0 Å². The summed E-state index contributed by atoms with van der Waals surface area (Å²) in [7, 11) is 1.43. The first-order valence-corrected chi connectivity index (χ1v) is 10.9. The number of rotatable bonds is 4. The maximum absolute atomic E-state index is 15.7. The highest BCUT2D eigenvalue weighted by Crippen LogP contribution is 2.34. The molecule has 9 heteroatoms. The van der Waals surface area contributed by atoms with Crippen LogP contribution < -0.4 is 10.2 Å². The van der Waals surface area contributed by atoms with Crippen molar-refractivity contribution in [2.45, 2.75) is 12.9 Å². The number of Topliss-reactive ketones (excluding diaryl/α,β-unsaturated/α-hetero) is 1. The van der Waals surface area contributed by atoms with Crippen LogP contribution in [0.5, 0.6) is 0 Å². The number of amides is 1. The van der Waals surface area contributed by atoms with Crippen molar-refractivity contribution in [3.63, 3.8) is 0 Å². The molecule has 1 N–H and O–H groups in total. The molecule has 7 nitrogen and oxygen atoms in total. The minimum Gasteiger partial charge on any atom is -0.365 e. The SMILES string of the molecule is [2H]C([2H])(c1ccc2c(c1F)CC(=O)c1cccnc1-2)N1CCN(c2ccc(C(=O)NC)nc2F)CC1. The maximum atomic E-state index is 15.7. The molecule has 3 aromatic rings. The summed E-state index contributed by atoms with van der Waals surface area (Å²) in [6.45, 7) is -1.20. The van der Waals surface area contributed by atoms with E-state index in [0.29, 0.717) is 16.8 Å². The Morgan fingerprint density at radius 3 is 2.65 bits per heavy atom.